The zero-order valence-corrected chi connectivity index (χ0v) is 18.4. The largest absolute Gasteiger partial charge is 0.417 e. The molecule has 1 aromatic rings. The van der Waals surface area contributed by atoms with Crippen LogP contribution in [-0.2, 0) is 25.5 Å². The fraction of sp³-hybridized carbons (Fsp3) is 0.579. The van der Waals surface area contributed by atoms with Crippen LogP contribution in [0.3, 0.4) is 0 Å². The summed E-state index contributed by atoms with van der Waals surface area (Å²) in [5.74, 6) is -1.36. The number of ether oxygens (including phenoxy) is 1. The molecule has 3 atom stereocenters. The number of amides is 1. The van der Waals surface area contributed by atoms with Gasteiger partial charge >= 0.3 is 6.18 Å². The summed E-state index contributed by atoms with van der Waals surface area (Å²) in [6, 6.07) is 4.93. The maximum atomic E-state index is 13.5. The highest BCUT2D eigenvalue weighted by molar-refractivity contribution is 9.10. The normalized spacial score (nSPS) is 25.5. The van der Waals surface area contributed by atoms with Crippen LogP contribution in [0, 0.1) is 17.2 Å². The molecule has 2 fully saturated rings. The maximum absolute atomic E-state index is 13.5. The number of sulfone groups is 1. The van der Waals surface area contributed by atoms with Gasteiger partial charge in [0.1, 0.15) is 5.54 Å². The topological polar surface area (TPSA) is 96.3 Å². The van der Waals surface area contributed by atoms with Gasteiger partial charge < -0.3 is 10.1 Å². The minimum Gasteiger partial charge on any atom is -0.378 e. The lowest BCUT2D eigenvalue weighted by Crippen LogP contribution is -2.42. The Balaban J connectivity index is 1.90. The van der Waals surface area contributed by atoms with Gasteiger partial charge in [-0.15, -0.1) is 0 Å². The van der Waals surface area contributed by atoms with Crippen LogP contribution in [0.15, 0.2) is 27.6 Å². The number of nitriles is 1. The number of hydrogen-bond acceptors (Lipinski definition) is 5. The summed E-state index contributed by atoms with van der Waals surface area (Å²) >= 11 is 2.94. The van der Waals surface area contributed by atoms with Crippen LogP contribution < -0.4 is 5.32 Å². The van der Waals surface area contributed by atoms with Crippen molar-refractivity contribution in [1.82, 2.24) is 5.32 Å². The second-order valence-corrected chi connectivity index (χ2v) is 10.7. The number of benzene rings is 1. The van der Waals surface area contributed by atoms with E-state index in [1.807, 2.05) is 6.07 Å². The Morgan fingerprint density at radius 2 is 2.03 bits per heavy atom. The van der Waals surface area contributed by atoms with Crippen molar-refractivity contribution >= 4 is 31.7 Å². The van der Waals surface area contributed by atoms with Gasteiger partial charge in [-0.2, -0.15) is 18.4 Å². The second-order valence-electron chi connectivity index (χ2n) is 7.56. The van der Waals surface area contributed by atoms with Crippen LogP contribution in [0.1, 0.15) is 38.2 Å². The molecule has 0 bridgehead atoms. The Hall–Kier alpha value is -1.64. The first-order valence-corrected chi connectivity index (χ1v) is 11.7. The standard InChI is InChI=1S/C19H20BrF3N2O4S/c1-2-29-15-9-12(8-13(15)17(26)25-18(10-24)5-6-18)30(27,28)16-4-3-11(20)7-14(16)19(21,22)23/h3-4,7,12-13,15H,2,5-6,8-9H2,1H3,(H,25,26)/t12-,13-,15-/m0/s1. The molecule has 0 aromatic heterocycles. The fourth-order valence-corrected chi connectivity index (χ4v) is 6.11. The zero-order chi connectivity index (χ0) is 22.3. The molecule has 0 saturated heterocycles. The Kier molecular flexibility index (Phi) is 6.24. The molecule has 2 aliphatic rings. The van der Waals surface area contributed by atoms with E-state index in [1.165, 1.54) is 6.07 Å². The average Bonchev–Trinajstić information content (AvgIpc) is 3.29. The molecular formula is C19H20BrF3N2O4S. The third-order valence-electron chi connectivity index (χ3n) is 5.50. The lowest BCUT2D eigenvalue weighted by Gasteiger charge is -2.20. The molecule has 3 rings (SSSR count). The summed E-state index contributed by atoms with van der Waals surface area (Å²) in [6.07, 6.45) is -4.86. The molecule has 2 aliphatic carbocycles. The molecule has 0 unspecified atom stereocenters. The number of nitrogens with one attached hydrogen (secondary N) is 1. The number of nitrogens with zero attached hydrogens (tertiary/aromatic N) is 1. The number of alkyl halides is 3. The van der Waals surface area contributed by atoms with Crippen LogP contribution in [0.5, 0.6) is 0 Å². The first-order valence-electron chi connectivity index (χ1n) is 9.39. The van der Waals surface area contributed by atoms with E-state index in [4.69, 9.17) is 4.74 Å². The van der Waals surface area contributed by atoms with Gasteiger partial charge in [-0.1, -0.05) is 15.9 Å². The van der Waals surface area contributed by atoms with Gasteiger partial charge in [-0.05, 0) is 50.8 Å². The highest BCUT2D eigenvalue weighted by Gasteiger charge is 2.51. The van der Waals surface area contributed by atoms with Gasteiger partial charge in [0.25, 0.3) is 0 Å². The summed E-state index contributed by atoms with van der Waals surface area (Å²) < 4.78 is 72.3. The molecule has 11 heteroatoms. The Morgan fingerprint density at radius 1 is 1.37 bits per heavy atom. The van der Waals surface area contributed by atoms with Crippen LogP contribution in [0.2, 0.25) is 0 Å². The zero-order valence-electron chi connectivity index (χ0n) is 16.0. The molecule has 0 heterocycles. The number of halogens is 4. The Labute approximate surface area is 180 Å². The van der Waals surface area contributed by atoms with Crippen molar-refractivity contribution in [3.8, 4) is 6.07 Å². The molecular weight excluding hydrogens is 489 g/mol. The fourth-order valence-electron chi connectivity index (χ4n) is 3.75. The molecule has 1 amide bonds. The van der Waals surface area contributed by atoms with Crippen LogP contribution in [-0.4, -0.2) is 37.8 Å². The first-order chi connectivity index (χ1) is 13.9. The smallest absolute Gasteiger partial charge is 0.378 e. The highest BCUT2D eigenvalue weighted by atomic mass is 79.9. The van der Waals surface area contributed by atoms with E-state index in [1.54, 1.807) is 6.92 Å². The monoisotopic (exact) mass is 508 g/mol. The Morgan fingerprint density at radius 3 is 2.57 bits per heavy atom. The lowest BCUT2D eigenvalue weighted by molar-refractivity contribution is -0.140. The predicted molar refractivity (Wildman–Crippen MR) is 104 cm³/mol. The van der Waals surface area contributed by atoms with Crippen LogP contribution in [0.25, 0.3) is 0 Å². The lowest BCUT2D eigenvalue weighted by atomic mass is 10.0. The average molecular weight is 509 g/mol. The van der Waals surface area contributed by atoms with E-state index in [9.17, 15) is 31.6 Å². The minimum atomic E-state index is -4.86. The molecule has 164 valence electrons. The van der Waals surface area contributed by atoms with Crippen LogP contribution in [0.4, 0.5) is 13.2 Å². The highest BCUT2D eigenvalue weighted by Crippen LogP contribution is 2.42. The first kappa shape index (κ1) is 23.0. The third kappa shape index (κ3) is 4.50. The Bertz CT molecular complexity index is 986. The number of carbonyl (C=O) groups is 1. The number of rotatable bonds is 6. The van der Waals surface area contributed by atoms with Crippen molar-refractivity contribution in [3.63, 3.8) is 0 Å². The van der Waals surface area contributed by atoms with E-state index in [2.05, 4.69) is 21.2 Å². The van der Waals surface area contributed by atoms with Gasteiger partial charge in [0.05, 0.1) is 33.8 Å². The molecule has 2 saturated carbocycles. The van der Waals surface area contributed by atoms with Crippen molar-refractivity contribution in [2.45, 2.75) is 60.6 Å². The van der Waals surface area contributed by atoms with Crippen molar-refractivity contribution in [2.24, 2.45) is 5.92 Å². The summed E-state index contributed by atoms with van der Waals surface area (Å²) in [7, 11) is -4.39. The molecule has 1 N–H and O–H groups in total. The van der Waals surface area contributed by atoms with E-state index in [0.29, 0.717) is 12.8 Å². The van der Waals surface area contributed by atoms with E-state index in [-0.39, 0.29) is 23.9 Å². The van der Waals surface area contributed by atoms with Gasteiger partial charge in [-0.25, -0.2) is 8.42 Å². The van der Waals surface area contributed by atoms with Gasteiger partial charge in [0.15, 0.2) is 9.84 Å². The predicted octanol–water partition coefficient (Wildman–Crippen LogP) is 3.60. The number of hydrogen-bond donors (Lipinski definition) is 1. The molecule has 1 aromatic carbocycles. The maximum Gasteiger partial charge on any atom is 0.417 e. The minimum absolute atomic E-state index is 0.0961. The summed E-state index contributed by atoms with van der Waals surface area (Å²) in [4.78, 5) is 11.9. The van der Waals surface area contributed by atoms with Gasteiger partial charge in [-0.3, -0.25) is 4.79 Å². The summed E-state index contributed by atoms with van der Waals surface area (Å²) in [5, 5.41) is 10.6. The van der Waals surface area contributed by atoms with Crippen LogP contribution >= 0.6 is 15.9 Å². The molecule has 0 spiro atoms. The molecule has 0 aliphatic heterocycles. The molecule has 6 nitrogen and oxygen atoms in total. The summed E-state index contributed by atoms with van der Waals surface area (Å²) in [6.45, 7) is 1.90. The van der Waals surface area contributed by atoms with Crippen molar-refractivity contribution in [1.29, 1.82) is 5.26 Å². The van der Waals surface area contributed by atoms with Crippen molar-refractivity contribution in [3.05, 3.63) is 28.2 Å². The van der Waals surface area contributed by atoms with Gasteiger partial charge in [0.2, 0.25) is 5.91 Å². The van der Waals surface area contributed by atoms with E-state index >= 15 is 0 Å². The summed E-state index contributed by atoms with van der Waals surface area (Å²) in [5.41, 5.74) is -2.18. The molecule has 0 radical (unpaired) electrons. The second kappa shape index (κ2) is 8.13. The number of carbonyl (C=O) groups excluding carboxylic acids is 1. The third-order valence-corrected chi connectivity index (χ3v) is 8.22. The van der Waals surface area contributed by atoms with E-state index in [0.717, 1.165) is 12.1 Å². The van der Waals surface area contributed by atoms with Crippen molar-refractivity contribution in [2.75, 3.05) is 6.61 Å². The SMILES string of the molecule is CCO[C@H]1C[C@@H](S(=O)(=O)c2ccc(Br)cc2C(F)(F)F)C[C@@H]1C(=O)NC1(C#N)CC1. The quantitative estimate of drug-likeness (QED) is 0.633. The van der Waals surface area contributed by atoms with Crippen molar-refractivity contribution < 1.29 is 31.1 Å². The molecule has 30 heavy (non-hydrogen) atoms. The van der Waals surface area contributed by atoms with Gasteiger partial charge in [0, 0.05) is 11.1 Å². The van der Waals surface area contributed by atoms with E-state index < -0.39 is 55.2 Å².